The van der Waals surface area contributed by atoms with Crippen molar-refractivity contribution in [3.8, 4) is 0 Å². The highest BCUT2D eigenvalue weighted by molar-refractivity contribution is 7.84. The van der Waals surface area contributed by atoms with Crippen LogP contribution in [0.4, 0.5) is 4.39 Å². The zero-order valence-electron chi connectivity index (χ0n) is 10.2. The molecule has 0 bridgehead atoms. The summed E-state index contributed by atoms with van der Waals surface area (Å²) in [6.45, 7) is 2.34. The van der Waals surface area contributed by atoms with Crippen LogP contribution in [0, 0.1) is 5.82 Å². The second-order valence-corrected chi connectivity index (χ2v) is 6.36. The summed E-state index contributed by atoms with van der Waals surface area (Å²) < 4.78 is 26.3. The summed E-state index contributed by atoms with van der Waals surface area (Å²) in [4.78, 5) is 4.40. The minimum atomic E-state index is -0.905. The monoisotopic (exact) mass is 288 g/mol. The van der Waals surface area contributed by atoms with Crippen LogP contribution in [0.25, 0.3) is 11.0 Å². The number of rotatable bonds is 4. The number of nitrogens with zero attached hydrogens (tertiary/aromatic N) is 2. The lowest BCUT2D eigenvalue weighted by Crippen LogP contribution is -2.10. The van der Waals surface area contributed by atoms with Gasteiger partial charge in [0, 0.05) is 29.4 Å². The van der Waals surface area contributed by atoms with Crippen molar-refractivity contribution in [2.24, 2.45) is 0 Å². The maximum atomic E-state index is 13.3. The van der Waals surface area contributed by atoms with Gasteiger partial charge in [0.25, 0.3) is 0 Å². The highest BCUT2D eigenvalue weighted by Gasteiger charge is 2.15. The number of benzene rings is 1. The largest absolute Gasteiger partial charge is 0.326 e. The van der Waals surface area contributed by atoms with Gasteiger partial charge in [0.2, 0.25) is 0 Å². The average Bonchev–Trinajstić information content (AvgIpc) is 2.64. The lowest BCUT2D eigenvalue weighted by atomic mass is 10.3. The van der Waals surface area contributed by atoms with Gasteiger partial charge in [-0.3, -0.25) is 4.21 Å². The maximum absolute atomic E-state index is 13.3. The van der Waals surface area contributed by atoms with E-state index in [0.717, 1.165) is 0 Å². The number of aromatic nitrogens is 2. The third-order valence-electron chi connectivity index (χ3n) is 2.70. The molecular weight excluding hydrogens is 275 g/mol. The molecule has 0 amide bonds. The zero-order valence-corrected chi connectivity index (χ0v) is 11.8. The Morgan fingerprint density at radius 2 is 2.28 bits per heavy atom. The number of aryl methyl sites for hydroxylation is 1. The maximum Gasteiger partial charge on any atom is 0.127 e. The molecule has 2 unspecified atom stereocenters. The smallest absolute Gasteiger partial charge is 0.127 e. The summed E-state index contributed by atoms with van der Waals surface area (Å²) in [7, 11) is -0.905. The van der Waals surface area contributed by atoms with Crippen LogP contribution in [0.1, 0.15) is 18.1 Å². The molecule has 0 radical (unpaired) electrons. The minimum Gasteiger partial charge on any atom is -0.326 e. The first-order valence-corrected chi connectivity index (χ1v) is 7.75. The molecule has 0 spiro atoms. The van der Waals surface area contributed by atoms with Gasteiger partial charge in [0.15, 0.2) is 0 Å². The van der Waals surface area contributed by atoms with Crippen LogP contribution in [-0.2, 0) is 17.3 Å². The van der Waals surface area contributed by atoms with Gasteiger partial charge in [-0.05, 0) is 25.1 Å². The predicted octanol–water partition coefficient (Wildman–Crippen LogP) is 2.85. The van der Waals surface area contributed by atoms with Crippen LogP contribution < -0.4 is 0 Å². The van der Waals surface area contributed by atoms with E-state index in [1.54, 1.807) is 12.3 Å². The van der Waals surface area contributed by atoms with Crippen LogP contribution in [-0.4, -0.2) is 25.8 Å². The number of hydrogen-bond donors (Lipinski definition) is 0. The zero-order chi connectivity index (χ0) is 13.3. The summed E-state index contributed by atoms with van der Waals surface area (Å²) in [6.07, 6.45) is 1.64. The van der Waals surface area contributed by atoms with E-state index in [1.807, 2.05) is 11.5 Å². The molecular formula is C12H14ClFN2OS. The van der Waals surface area contributed by atoms with E-state index in [0.29, 0.717) is 29.2 Å². The summed E-state index contributed by atoms with van der Waals surface area (Å²) in [5, 5.41) is -0.272. The molecule has 2 rings (SSSR count). The first-order valence-electron chi connectivity index (χ1n) is 5.59. The fourth-order valence-corrected chi connectivity index (χ4v) is 2.48. The third kappa shape index (κ3) is 2.72. The summed E-state index contributed by atoms with van der Waals surface area (Å²) >= 11 is 6.08. The molecule has 0 fully saturated rings. The molecule has 0 saturated carbocycles. The second-order valence-electron chi connectivity index (χ2n) is 4.15. The Bertz CT molecular complexity index is 597. The van der Waals surface area contributed by atoms with Crippen LogP contribution >= 0.6 is 11.6 Å². The average molecular weight is 289 g/mol. The fourth-order valence-electron chi connectivity index (χ4n) is 1.87. The van der Waals surface area contributed by atoms with Crippen molar-refractivity contribution in [3.05, 3.63) is 29.8 Å². The standard InChI is InChI=1S/C12H14ClFN2OS/c1-8(13)12-15-10-4-3-9(14)7-11(10)16(12)5-6-18(2)17/h3-4,7-8H,5-6H2,1-2H3. The lowest BCUT2D eigenvalue weighted by molar-refractivity contribution is 0.627. The quantitative estimate of drug-likeness (QED) is 0.811. The Kier molecular flexibility index (Phi) is 4.02. The van der Waals surface area contributed by atoms with E-state index in [-0.39, 0.29) is 11.2 Å². The predicted molar refractivity (Wildman–Crippen MR) is 72.9 cm³/mol. The van der Waals surface area contributed by atoms with E-state index in [1.165, 1.54) is 12.1 Å². The van der Waals surface area contributed by atoms with E-state index in [4.69, 9.17) is 11.6 Å². The Morgan fingerprint density at radius 1 is 1.56 bits per heavy atom. The van der Waals surface area contributed by atoms with Crippen LogP contribution in [0.3, 0.4) is 0 Å². The molecule has 1 heterocycles. The van der Waals surface area contributed by atoms with Gasteiger partial charge in [-0.25, -0.2) is 9.37 Å². The lowest BCUT2D eigenvalue weighted by Gasteiger charge is -2.09. The van der Waals surface area contributed by atoms with Crippen LogP contribution in [0.2, 0.25) is 0 Å². The molecule has 1 aromatic carbocycles. The van der Waals surface area contributed by atoms with Gasteiger partial charge in [-0.15, -0.1) is 11.6 Å². The van der Waals surface area contributed by atoms with Gasteiger partial charge in [0.05, 0.1) is 16.4 Å². The Labute approximate surface area is 112 Å². The van der Waals surface area contributed by atoms with Crippen molar-refractivity contribution in [1.29, 1.82) is 0 Å². The Morgan fingerprint density at radius 3 is 2.89 bits per heavy atom. The van der Waals surface area contributed by atoms with Gasteiger partial charge in [-0.1, -0.05) is 0 Å². The number of halogens is 2. The van der Waals surface area contributed by atoms with Gasteiger partial charge in [-0.2, -0.15) is 0 Å². The SMILES string of the molecule is CC(Cl)c1nc2ccc(F)cc2n1CCS(C)=O. The summed E-state index contributed by atoms with van der Waals surface area (Å²) in [6, 6.07) is 4.44. The van der Waals surface area contributed by atoms with Crippen molar-refractivity contribution < 1.29 is 8.60 Å². The highest BCUT2D eigenvalue weighted by Crippen LogP contribution is 2.25. The van der Waals surface area contributed by atoms with Crippen molar-refractivity contribution in [2.75, 3.05) is 12.0 Å². The molecule has 0 aliphatic carbocycles. The van der Waals surface area contributed by atoms with Crippen LogP contribution in [0.5, 0.6) is 0 Å². The molecule has 1 aromatic heterocycles. The molecule has 0 aliphatic heterocycles. The minimum absolute atomic E-state index is 0.272. The van der Waals surface area contributed by atoms with Crippen molar-refractivity contribution >= 4 is 33.4 Å². The molecule has 3 nitrogen and oxygen atoms in total. The molecule has 2 atom stereocenters. The topological polar surface area (TPSA) is 34.9 Å². The van der Waals surface area contributed by atoms with Crippen molar-refractivity contribution in [2.45, 2.75) is 18.8 Å². The number of imidazole rings is 1. The van der Waals surface area contributed by atoms with E-state index >= 15 is 0 Å². The Balaban J connectivity index is 2.53. The first kappa shape index (κ1) is 13.5. The van der Waals surface area contributed by atoms with Crippen molar-refractivity contribution in [3.63, 3.8) is 0 Å². The molecule has 0 saturated heterocycles. The second kappa shape index (κ2) is 5.36. The van der Waals surface area contributed by atoms with Gasteiger partial charge >= 0.3 is 0 Å². The summed E-state index contributed by atoms with van der Waals surface area (Å²) in [5.41, 5.74) is 1.41. The molecule has 2 aromatic rings. The Hall–Kier alpha value is -0.940. The third-order valence-corrected chi connectivity index (χ3v) is 3.65. The van der Waals surface area contributed by atoms with E-state index < -0.39 is 10.8 Å². The number of fused-ring (bicyclic) bond motifs is 1. The fraction of sp³-hybridized carbons (Fsp3) is 0.417. The molecule has 0 aliphatic rings. The highest BCUT2D eigenvalue weighted by atomic mass is 35.5. The van der Waals surface area contributed by atoms with Crippen LogP contribution in [0.15, 0.2) is 18.2 Å². The molecule has 98 valence electrons. The molecule has 0 N–H and O–H groups in total. The summed E-state index contributed by atoms with van der Waals surface area (Å²) in [5.74, 6) is 0.872. The normalized spacial score (nSPS) is 14.9. The first-order chi connectivity index (χ1) is 8.49. The van der Waals surface area contributed by atoms with E-state index in [2.05, 4.69) is 4.98 Å². The molecule has 18 heavy (non-hydrogen) atoms. The van der Waals surface area contributed by atoms with Crippen molar-refractivity contribution in [1.82, 2.24) is 9.55 Å². The van der Waals surface area contributed by atoms with Gasteiger partial charge < -0.3 is 4.57 Å². The van der Waals surface area contributed by atoms with Gasteiger partial charge in [0.1, 0.15) is 11.6 Å². The number of alkyl halides is 1. The van der Waals surface area contributed by atoms with E-state index in [9.17, 15) is 8.60 Å². The number of hydrogen-bond acceptors (Lipinski definition) is 2. The molecule has 6 heteroatoms.